The van der Waals surface area contributed by atoms with E-state index in [2.05, 4.69) is 17.2 Å². The minimum Gasteiger partial charge on any atom is -0.496 e. The molecule has 0 bridgehead atoms. The molecule has 3 heteroatoms. The third-order valence-electron chi connectivity index (χ3n) is 3.16. The molecule has 0 unspecified atom stereocenters. The Morgan fingerprint density at radius 2 is 2.00 bits per heavy atom. The van der Waals surface area contributed by atoms with Crippen LogP contribution in [0.25, 0.3) is 6.08 Å². The van der Waals surface area contributed by atoms with Crippen LogP contribution in [-0.2, 0) is 4.79 Å². The minimum absolute atomic E-state index is 0.184. The maximum Gasteiger partial charge on any atom is 0.244 e. The Bertz CT molecular complexity index is 752. The molecule has 0 spiro atoms. The number of hydrogen-bond acceptors (Lipinski definition) is 2. The SMILES string of the molecule is COc1ccc(C)cc1/C=C/C(=O)NCC#Cc1ccccc1. The van der Waals surface area contributed by atoms with Crippen molar-refractivity contribution in [3.63, 3.8) is 0 Å². The minimum atomic E-state index is -0.184. The summed E-state index contributed by atoms with van der Waals surface area (Å²) in [6.07, 6.45) is 3.23. The van der Waals surface area contributed by atoms with Crippen molar-refractivity contribution in [2.45, 2.75) is 6.92 Å². The van der Waals surface area contributed by atoms with E-state index in [1.54, 1.807) is 13.2 Å². The smallest absolute Gasteiger partial charge is 0.244 e. The lowest BCUT2D eigenvalue weighted by Crippen LogP contribution is -2.20. The first-order chi connectivity index (χ1) is 11.2. The second kappa shape index (κ2) is 8.45. The number of carbonyl (C=O) groups is 1. The van der Waals surface area contributed by atoms with E-state index in [0.717, 1.165) is 22.4 Å². The zero-order valence-electron chi connectivity index (χ0n) is 13.3. The summed E-state index contributed by atoms with van der Waals surface area (Å²) in [7, 11) is 1.61. The highest BCUT2D eigenvalue weighted by Gasteiger charge is 2.00. The van der Waals surface area contributed by atoms with Crippen LogP contribution in [0.5, 0.6) is 5.75 Å². The van der Waals surface area contributed by atoms with Gasteiger partial charge in [-0.2, -0.15) is 0 Å². The van der Waals surface area contributed by atoms with Gasteiger partial charge in [-0.15, -0.1) is 0 Å². The van der Waals surface area contributed by atoms with Gasteiger partial charge < -0.3 is 10.1 Å². The van der Waals surface area contributed by atoms with Gasteiger partial charge in [0, 0.05) is 17.2 Å². The number of amides is 1. The third-order valence-corrected chi connectivity index (χ3v) is 3.16. The van der Waals surface area contributed by atoms with Gasteiger partial charge in [0.05, 0.1) is 13.7 Å². The molecule has 0 aliphatic rings. The predicted molar refractivity (Wildman–Crippen MR) is 93.1 cm³/mol. The van der Waals surface area contributed by atoms with Crippen LogP contribution in [0.3, 0.4) is 0 Å². The molecule has 3 nitrogen and oxygen atoms in total. The maximum absolute atomic E-state index is 11.8. The molecule has 116 valence electrons. The standard InChI is InChI=1S/C20H19NO2/c1-16-10-12-19(23-2)18(15-16)11-13-20(22)21-14-6-9-17-7-4-3-5-8-17/h3-5,7-8,10-13,15H,14H2,1-2H3,(H,21,22)/b13-11+. The van der Waals surface area contributed by atoms with Crippen LogP contribution in [0.2, 0.25) is 0 Å². The van der Waals surface area contributed by atoms with E-state index >= 15 is 0 Å². The number of rotatable bonds is 4. The summed E-state index contributed by atoms with van der Waals surface area (Å²) >= 11 is 0. The topological polar surface area (TPSA) is 38.3 Å². The Morgan fingerprint density at radius 1 is 1.22 bits per heavy atom. The van der Waals surface area contributed by atoms with Crippen LogP contribution in [-0.4, -0.2) is 19.6 Å². The summed E-state index contributed by atoms with van der Waals surface area (Å²) in [5.74, 6) is 6.47. The zero-order chi connectivity index (χ0) is 16.5. The average Bonchev–Trinajstić information content (AvgIpc) is 2.58. The lowest BCUT2D eigenvalue weighted by Gasteiger charge is -2.05. The highest BCUT2D eigenvalue weighted by atomic mass is 16.5. The number of ether oxygens (including phenoxy) is 1. The summed E-state index contributed by atoms with van der Waals surface area (Å²) < 4.78 is 5.27. The molecule has 0 saturated heterocycles. The van der Waals surface area contributed by atoms with E-state index in [1.807, 2.05) is 55.5 Å². The molecule has 1 N–H and O–H groups in total. The summed E-state index contributed by atoms with van der Waals surface area (Å²) in [6.45, 7) is 2.30. The third kappa shape index (κ3) is 5.37. The van der Waals surface area contributed by atoms with Gasteiger partial charge in [0.15, 0.2) is 0 Å². The molecule has 0 heterocycles. The van der Waals surface area contributed by atoms with E-state index in [1.165, 1.54) is 6.08 Å². The van der Waals surface area contributed by atoms with Gasteiger partial charge in [-0.05, 0) is 37.3 Å². The molecule has 23 heavy (non-hydrogen) atoms. The summed E-state index contributed by atoms with van der Waals surface area (Å²) in [5.41, 5.74) is 2.92. The van der Waals surface area contributed by atoms with Crippen LogP contribution < -0.4 is 10.1 Å². The second-order valence-corrected chi connectivity index (χ2v) is 4.96. The van der Waals surface area contributed by atoms with Crippen molar-refractivity contribution in [3.8, 4) is 17.6 Å². The van der Waals surface area contributed by atoms with Crippen LogP contribution >= 0.6 is 0 Å². The first kappa shape index (κ1) is 16.4. The highest BCUT2D eigenvalue weighted by Crippen LogP contribution is 2.20. The first-order valence-corrected chi connectivity index (χ1v) is 7.33. The Hall–Kier alpha value is -2.99. The van der Waals surface area contributed by atoms with Gasteiger partial charge >= 0.3 is 0 Å². The Balaban J connectivity index is 1.90. The second-order valence-electron chi connectivity index (χ2n) is 4.96. The van der Waals surface area contributed by atoms with Crippen molar-refractivity contribution in [2.75, 3.05) is 13.7 Å². The van der Waals surface area contributed by atoms with Gasteiger partial charge in [-0.25, -0.2) is 0 Å². The van der Waals surface area contributed by atoms with E-state index in [9.17, 15) is 4.79 Å². The van der Waals surface area contributed by atoms with Crippen LogP contribution in [0.15, 0.2) is 54.6 Å². The molecule has 2 rings (SSSR count). The van der Waals surface area contributed by atoms with Gasteiger partial charge in [0.25, 0.3) is 0 Å². The summed E-state index contributed by atoms with van der Waals surface area (Å²) in [4.78, 5) is 11.8. The van der Waals surface area contributed by atoms with E-state index in [4.69, 9.17) is 4.74 Å². The fraction of sp³-hybridized carbons (Fsp3) is 0.150. The van der Waals surface area contributed by atoms with E-state index < -0.39 is 0 Å². The number of hydrogen-bond donors (Lipinski definition) is 1. The maximum atomic E-state index is 11.8. The van der Waals surface area contributed by atoms with Gasteiger partial charge in [-0.1, -0.05) is 41.7 Å². The first-order valence-electron chi connectivity index (χ1n) is 7.33. The molecule has 0 fully saturated rings. The van der Waals surface area contributed by atoms with Crippen molar-refractivity contribution in [2.24, 2.45) is 0 Å². The number of aryl methyl sites for hydroxylation is 1. The summed E-state index contributed by atoms with van der Waals surface area (Å²) in [6, 6.07) is 15.5. The van der Waals surface area contributed by atoms with E-state index in [0.29, 0.717) is 6.54 Å². The van der Waals surface area contributed by atoms with Crippen molar-refractivity contribution < 1.29 is 9.53 Å². The largest absolute Gasteiger partial charge is 0.496 e. The van der Waals surface area contributed by atoms with E-state index in [-0.39, 0.29) is 5.91 Å². The van der Waals surface area contributed by atoms with Crippen molar-refractivity contribution >= 4 is 12.0 Å². The predicted octanol–water partition coefficient (Wildman–Crippen LogP) is 3.18. The van der Waals surface area contributed by atoms with Gasteiger partial charge in [-0.3, -0.25) is 4.79 Å². The monoisotopic (exact) mass is 305 g/mol. The number of nitrogens with one attached hydrogen (secondary N) is 1. The van der Waals surface area contributed by atoms with Crippen molar-refractivity contribution in [3.05, 3.63) is 71.3 Å². The zero-order valence-corrected chi connectivity index (χ0v) is 13.3. The lowest BCUT2D eigenvalue weighted by atomic mass is 10.1. The molecule has 2 aromatic carbocycles. The average molecular weight is 305 g/mol. The molecule has 0 atom stereocenters. The van der Waals surface area contributed by atoms with Crippen molar-refractivity contribution in [1.82, 2.24) is 5.32 Å². The Kier molecular flexibility index (Phi) is 6.02. The molecular weight excluding hydrogens is 286 g/mol. The number of methoxy groups -OCH3 is 1. The normalized spacial score (nSPS) is 10.0. The van der Waals surface area contributed by atoms with Gasteiger partial charge in [0.2, 0.25) is 5.91 Å². The van der Waals surface area contributed by atoms with Gasteiger partial charge in [0.1, 0.15) is 5.75 Å². The van der Waals surface area contributed by atoms with Crippen LogP contribution in [0.4, 0.5) is 0 Å². The molecule has 0 radical (unpaired) electrons. The Labute approximate surface area is 137 Å². The van der Waals surface area contributed by atoms with Crippen molar-refractivity contribution in [1.29, 1.82) is 0 Å². The molecule has 0 aliphatic heterocycles. The fourth-order valence-electron chi connectivity index (χ4n) is 2.01. The molecule has 0 aliphatic carbocycles. The van der Waals surface area contributed by atoms with Crippen LogP contribution in [0.1, 0.15) is 16.7 Å². The molecule has 2 aromatic rings. The molecular formula is C20H19NO2. The lowest BCUT2D eigenvalue weighted by molar-refractivity contribution is -0.116. The Morgan fingerprint density at radius 3 is 2.74 bits per heavy atom. The molecule has 1 amide bonds. The highest BCUT2D eigenvalue weighted by molar-refractivity contribution is 5.92. The molecule has 0 aromatic heterocycles. The number of carbonyl (C=O) groups excluding carboxylic acids is 1. The number of benzene rings is 2. The quantitative estimate of drug-likeness (QED) is 0.696. The fourth-order valence-corrected chi connectivity index (χ4v) is 2.01. The molecule has 0 saturated carbocycles. The van der Waals surface area contributed by atoms with Crippen LogP contribution in [0, 0.1) is 18.8 Å². The summed E-state index contributed by atoms with van der Waals surface area (Å²) in [5, 5.41) is 2.74.